The van der Waals surface area contributed by atoms with Gasteiger partial charge in [-0.05, 0) is 83.1 Å². The number of nitrogens with two attached hydrogens (primary N) is 3. The van der Waals surface area contributed by atoms with Crippen LogP contribution in [0.1, 0.15) is 131 Å². The zero-order valence-corrected chi connectivity index (χ0v) is 39.0. The molecule has 0 aromatic carbocycles. The number of fused-ring (bicyclic) bond motifs is 3. The third kappa shape index (κ3) is 11.3. The molecule has 6 heterocycles. The number of nitrogens with zero attached hydrogens (tertiary/aromatic N) is 6. The van der Waals surface area contributed by atoms with Crippen molar-refractivity contribution in [3.05, 3.63) is 48.0 Å². The van der Waals surface area contributed by atoms with Gasteiger partial charge >= 0.3 is 18.3 Å². The van der Waals surface area contributed by atoms with Gasteiger partial charge < -0.3 is 46.1 Å². The first kappa shape index (κ1) is 47.5. The Labute approximate surface area is 365 Å². The van der Waals surface area contributed by atoms with Gasteiger partial charge in [0.15, 0.2) is 0 Å². The first-order chi connectivity index (χ1) is 27.7. The van der Waals surface area contributed by atoms with Crippen LogP contribution in [-0.2, 0) is 53.1 Å². The van der Waals surface area contributed by atoms with Crippen LogP contribution >= 0.6 is 34.0 Å². The Morgan fingerprint density at radius 1 is 0.517 bits per heavy atom. The Morgan fingerprint density at radius 2 is 0.733 bits per heavy atom. The Kier molecular flexibility index (Phi) is 14.4. The van der Waals surface area contributed by atoms with E-state index in [0.717, 1.165) is 31.3 Å². The van der Waals surface area contributed by atoms with Crippen LogP contribution in [-0.4, -0.2) is 67.9 Å². The molecule has 3 aromatic rings. The van der Waals surface area contributed by atoms with Gasteiger partial charge in [-0.2, -0.15) is 15.8 Å². The second-order valence-corrected chi connectivity index (χ2v) is 21.5. The Bertz CT molecular complexity index is 1990. The van der Waals surface area contributed by atoms with Gasteiger partial charge in [0.2, 0.25) is 0 Å². The summed E-state index contributed by atoms with van der Waals surface area (Å²) in [5.74, 6) is 0. The lowest BCUT2D eigenvalue weighted by molar-refractivity contribution is 0.0129. The second kappa shape index (κ2) is 18.2. The van der Waals surface area contributed by atoms with Crippen molar-refractivity contribution in [2.24, 2.45) is 0 Å². The van der Waals surface area contributed by atoms with E-state index in [0.29, 0.717) is 70.6 Å². The third-order valence-electron chi connectivity index (χ3n) is 9.60. The molecule has 3 atom stereocenters. The summed E-state index contributed by atoms with van der Waals surface area (Å²) < 4.78 is 16.3. The number of thiophene rings is 3. The average Bonchev–Trinajstić information content (AvgIpc) is 3.70. The lowest BCUT2D eigenvalue weighted by Gasteiger charge is -2.34. The number of amides is 3. The molecule has 3 amide bonds. The van der Waals surface area contributed by atoms with Crippen molar-refractivity contribution in [3.63, 3.8) is 0 Å². The van der Waals surface area contributed by atoms with Crippen LogP contribution < -0.4 is 17.2 Å². The van der Waals surface area contributed by atoms with E-state index in [1.807, 2.05) is 83.1 Å². The Morgan fingerprint density at radius 3 is 0.917 bits per heavy atom. The van der Waals surface area contributed by atoms with Crippen LogP contribution in [0, 0.1) is 34.0 Å². The fourth-order valence-corrected chi connectivity index (χ4v) is 10.2. The summed E-state index contributed by atoms with van der Waals surface area (Å²) in [4.78, 5) is 45.0. The average molecular weight is 880 g/mol. The van der Waals surface area contributed by atoms with Gasteiger partial charge in [-0.1, -0.05) is 0 Å². The number of ether oxygens (including phenoxy) is 3. The number of carbonyl (C=O) groups is 3. The zero-order valence-electron chi connectivity index (χ0n) is 36.6. The Hall–Kier alpha value is -5.22. The number of nitrogen functional groups attached to an aromatic ring is 3. The largest absolute Gasteiger partial charge is 0.444 e. The molecule has 324 valence electrons. The molecule has 15 nitrogen and oxygen atoms in total. The van der Waals surface area contributed by atoms with E-state index < -0.39 is 16.8 Å². The quantitative estimate of drug-likeness (QED) is 0.180. The van der Waals surface area contributed by atoms with Crippen LogP contribution in [0.15, 0.2) is 0 Å². The smallest absolute Gasteiger partial charge is 0.410 e. The highest BCUT2D eigenvalue weighted by molar-refractivity contribution is 7.17. The normalized spacial score (nSPS) is 18.4. The lowest BCUT2D eigenvalue weighted by atomic mass is 10.0. The minimum Gasteiger partial charge on any atom is -0.444 e. The van der Waals surface area contributed by atoms with E-state index in [-0.39, 0.29) is 36.4 Å². The van der Waals surface area contributed by atoms with Crippen molar-refractivity contribution in [1.29, 1.82) is 15.8 Å². The topological polar surface area (TPSA) is 238 Å². The fourth-order valence-electron chi connectivity index (χ4n) is 6.77. The number of carbonyl (C=O) groups excluding carboxylic acids is 3. The maximum absolute atomic E-state index is 12.2. The molecule has 3 aromatic heterocycles. The molecule has 0 saturated heterocycles. The van der Waals surface area contributed by atoms with Crippen LogP contribution in [0.3, 0.4) is 0 Å². The van der Waals surface area contributed by atoms with Crippen LogP contribution in [0.4, 0.5) is 29.4 Å². The number of rotatable bonds is 0. The number of nitriles is 3. The summed E-state index contributed by atoms with van der Waals surface area (Å²) in [6.07, 6.45) is 1.11. The highest BCUT2D eigenvalue weighted by Crippen LogP contribution is 2.39. The SMILES string of the molecule is CC1Cc2sc(N)c(C#N)c2CN1C(=O)OC(C)(C)C.CC1Cc2sc(N)c(C#N)c2CN1C(=O)OC(C)(C)C.CC1Cc2sc(N)c(C#N)c2CN1C(=O)OC(C)(C)C. The number of hydrogen-bond acceptors (Lipinski definition) is 15. The maximum Gasteiger partial charge on any atom is 0.410 e. The van der Waals surface area contributed by atoms with E-state index in [1.54, 1.807) is 14.7 Å². The summed E-state index contributed by atoms with van der Waals surface area (Å²) in [5, 5.41) is 29.2. The van der Waals surface area contributed by atoms with Gasteiger partial charge in [-0.15, -0.1) is 34.0 Å². The third-order valence-corrected chi connectivity index (χ3v) is 12.8. The minimum atomic E-state index is -0.525. The molecule has 0 aliphatic carbocycles. The van der Waals surface area contributed by atoms with E-state index in [1.165, 1.54) is 34.0 Å². The first-order valence-electron chi connectivity index (χ1n) is 19.6. The van der Waals surface area contributed by atoms with Gasteiger partial charge in [0.05, 0.1) is 36.3 Å². The molecule has 0 saturated carbocycles. The summed E-state index contributed by atoms with van der Waals surface area (Å²) in [5.41, 5.74) is 20.1. The molecular formula is C42H57N9O6S3. The molecule has 6 rings (SSSR count). The molecule has 60 heavy (non-hydrogen) atoms. The molecule has 0 fully saturated rings. The molecule has 6 N–H and O–H groups in total. The molecule has 0 bridgehead atoms. The predicted molar refractivity (Wildman–Crippen MR) is 235 cm³/mol. The van der Waals surface area contributed by atoms with Crippen molar-refractivity contribution >= 4 is 67.3 Å². The van der Waals surface area contributed by atoms with Crippen molar-refractivity contribution < 1.29 is 28.6 Å². The van der Waals surface area contributed by atoms with Crippen molar-refractivity contribution in [2.75, 3.05) is 17.2 Å². The lowest BCUT2D eigenvalue weighted by Crippen LogP contribution is -2.44. The molecule has 0 radical (unpaired) electrons. The molecule has 0 spiro atoms. The molecule has 3 aliphatic heterocycles. The molecule has 3 aliphatic rings. The monoisotopic (exact) mass is 879 g/mol. The summed E-state index contributed by atoms with van der Waals surface area (Å²) in [6.45, 7) is 23.7. The number of anilines is 3. The highest BCUT2D eigenvalue weighted by atomic mass is 32.1. The van der Waals surface area contributed by atoms with Gasteiger partial charge in [-0.25, -0.2) is 14.4 Å². The molecule has 3 unspecified atom stereocenters. The summed E-state index contributed by atoms with van der Waals surface area (Å²) in [6, 6.07) is 6.53. The van der Waals surface area contributed by atoms with E-state index >= 15 is 0 Å². The van der Waals surface area contributed by atoms with E-state index in [4.69, 9.17) is 31.4 Å². The van der Waals surface area contributed by atoms with Crippen LogP contribution in [0.25, 0.3) is 0 Å². The van der Waals surface area contributed by atoms with Gasteiger partial charge in [0.25, 0.3) is 0 Å². The van der Waals surface area contributed by atoms with Gasteiger partial charge in [0, 0.05) is 68.7 Å². The second-order valence-electron chi connectivity index (χ2n) is 18.0. The number of hydrogen-bond donors (Lipinski definition) is 3. The summed E-state index contributed by atoms with van der Waals surface area (Å²) in [7, 11) is 0. The molecular weight excluding hydrogens is 823 g/mol. The Balaban J connectivity index is 0.000000198. The zero-order chi connectivity index (χ0) is 45.2. The first-order valence-corrected chi connectivity index (χ1v) is 22.0. The van der Waals surface area contributed by atoms with E-state index in [2.05, 4.69) is 18.2 Å². The fraction of sp³-hybridized carbons (Fsp3) is 0.571. The maximum atomic E-state index is 12.2. The van der Waals surface area contributed by atoms with Crippen molar-refractivity contribution in [2.45, 2.75) is 157 Å². The van der Waals surface area contributed by atoms with E-state index in [9.17, 15) is 30.2 Å². The standard InChI is InChI=1S/3C14H19N3O2S/c3*1-8-5-11-10(9(6-15)12(16)20-11)7-17(8)13(18)19-14(2,3)4/h3*8H,5,7,16H2,1-4H3. The van der Waals surface area contributed by atoms with Crippen LogP contribution in [0.5, 0.6) is 0 Å². The van der Waals surface area contributed by atoms with Crippen molar-refractivity contribution in [1.82, 2.24) is 14.7 Å². The highest BCUT2D eigenvalue weighted by Gasteiger charge is 2.36. The minimum absolute atomic E-state index is 0.0435. The predicted octanol–water partition coefficient (Wildman–Crippen LogP) is 8.65. The summed E-state index contributed by atoms with van der Waals surface area (Å²) >= 11 is 4.35. The molecule has 18 heteroatoms. The van der Waals surface area contributed by atoms with Gasteiger partial charge in [0.1, 0.15) is 50.0 Å². The van der Waals surface area contributed by atoms with Crippen LogP contribution in [0.2, 0.25) is 0 Å². The van der Waals surface area contributed by atoms with Crippen molar-refractivity contribution in [3.8, 4) is 18.2 Å². The van der Waals surface area contributed by atoms with Gasteiger partial charge in [-0.3, -0.25) is 0 Å².